The molecule has 2 aliphatic rings. The van der Waals surface area contributed by atoms with Gasteiger partial charge in [-0.15, -0.1) is 5.10 Å². The number of rotatable bonds is 10. The Kier molecular flexibility index (Phi) is 13.1. The van der Waals surface area contributed by atoms with Gasteiger partial charge in [-0.25, -0.2) is 4.79 Å². The number of methoxy groups -OCH3 is 1. The van der Waals surface area contributed by atoms with E-state index in [-0.39, 0.29) is 30.2 Å². The number of hydrogen-bond acceptors (Lipinski definition) is 11. The molecule has 0 bridgehead atoms. The fourth-order valence-electron chi connectivity index (χ4n) is 7.84. The van der Waals surface area contributed by atoms with Gasteiger partial charge in [0.1, 0.15) is 31.3 Å². The number of unbranched alkanes of at least 4 members (excludes halogenated alkanes) is 1. The van der Waals surface area contributed by atoms with Gasteiger partial charge in [0, 0.05) is 50.0 Å². The maximum atomic E-state index is 13.7. The molecule has 0 saturated carbocycles. The van der Waals surface area contributed by atoms with E-state index in [1.165, 1.54) is 0 Å². The van der Waals surface area contributed by atoms with Crippen LogP contribution in [0.2, 0.25) is 5.82 Å². The first-order chi connectivity index (χ1) is 23.7. The highest BCUT2D eigenvalue weighted by Gasteiger charge is 2.59. The summed E-state index contributed by atoms with van der Waals surface area (Å²) in [5, 5.41) is 22.5. The molecule has 3 heterocycles. The second-order valence-electron chi connectivity index (χ2n) is 14.8. The summed E-state index contributed by atoms with van der Waals surface area (Å²) in [6, 6.07) is 6.53. The number of anilines is 1. The average Bonchev–Trinajstić information content (AvgIpc) is 3.67. The van der Waals surface area contributed by atoms with Crippen molar-refractivity contribution >= 4 is 31.4 Å². The Morgan fingerprint density at radius 2 is 1.88 bits per heavy atom. The van der Waals surface area contributed by atoms with Crippen LogP contribution < -0.4 is 11.1 Å². The maximum Gasteiger partial charge on any atom is 0.410 e. The number of nitrogens with two attached hydrogens (primary N) is 1. The van der Waals surface area contributed by atoms with Gasteiger partial charge in [0.25, 0.3) is 0 Å². The predicted molar refractivity (Wildman–Crippen MR) is 193 cm³/mol. The highest BCUT2D eigenvalue weighted by atomic mass is 16.6. The minimum atomic E-state index is -1.25. The molecule has 14 heteroatoms. The summed E-state index contributed by atoms with van der Waals surface area (Å²) in [5.41, 5.74) is 6.32. The number of aromatic nitrogens is 3. The lowest BCUT2D eigenvalue weighted by Crippen LogP contribution is -2.62. The number of esters is 1. The Morgan fingerprint density at radius 3 is 2.54 bits per heavy atom. The van der Waals surface area contributed by atoms with Crippen LogP contribution in [0, 0.1) is 17.8 Å². The number of amides is 1. The smallest absolute Gasteiger partial charge is 0.410 e. The van der Waals surface area contributed by atoms with E-state index in [2.05, 4.69) is 22.6 Å². The third-order valence-electron chi connectivity index (χ3n) is 11.2. The molecule has 1 aromatic carbocycles. The summed E-state index contributed by atoms with van der Waals surface area (Å²) in [7, 11) is 3.65. The molecule has 1 amide bonds. The van der Waals surface area contributed by atoms with Crippen molar-refractivity contribution in [2.24, 2.45) is 17.8 Å². The number of fused-ring (bicyclic) bond motifs is 1. The van der Waals surface area contributed by atoms with E-state index in [4.69, 9.17) is 19.9 Å². The van der Waals surface area contributed by atoms with Crippen molar-refractivity contribution in [1.29, 1.82) is 0 Å². The van der Waals surface area contributed by atoms with E-state index < -0.39 is 47.2 Å². The summed E-state index contributed by atoms with van der Waals surface area (Å²) >= 11 is 0. The fraction of sp³-hybridized carbons (Fsp3) is 0.694. The molecule has 4 rings (SSSR count). The molecule has 9 atom stereocenters. The van der Waals surface area contributed by atoms with Crippen LogP contribution >= 0.6 is 0 Å². The van der Waals surface area contributed by atoms with Crippen LogP contribution in [0.5, 0.6) is 0 Å². The second kappa shape index (κ2) is 16.7. The number of benzene rings is 1. The number of carbonyl (C=O) groups excluding carboxylic acids is 3. The van der Waals surface area contributed by atoms with Gasteiger partial charge in [0.05, 0.1) is 17.8 Å². The van der Waals surface area contributed by atoms with Crippen molar-refractivity contribution in [3.8, 4) is 11.3 Å². The number of nitrogens with zero attached hydrogens (tertiary/aromatic N) is 4. The Hall–Kier alpha value is -3.49. The second-order valence-corrected chi connectivity index (χ2v) is 14.8. The number of ketones is 1. The third-order valence-corrected chi connectivity index (χ3v) is 11.2. The molecule has 0 spiro atoms. The lowest BCUT2D eigenvalue weighted by molar-refractivity contribution is -0.170. The van der Waals surface area contributed by atoms with Crippen molar-refractivity contribution in [1.82, 2.24) is 25.2 Å². The lowest BCUT2D eigenvalue weighted by Gasteiger charge is -2.42. The largest absolute Gasteiger partial charge is 0.458 e. The SMILES string of the molecule is B[C@@H]1[C@@H](C)C(=O)[C@@H](C)C(=O)O[C@H](CC)[C@@]2(C)OC(=O)N(CCCCn3cc(-c4cccc(N)c4)nn3)[C@@H]2[C@@H](CCO)NC[C@H](C)C[C@@]1(C)OC. The minimum Gasteiger partial charge on any atom is -0.458 e. The van der Waals surface area contributed by atoms with Gasteiger partial charge in [0.15, 0.2) is 5.60 Å². The van der Waals surface area contributed by atoms with Crippen LogP contribution in [0.4, 0.5) is 10.5 Å². The average molecular weight is 697 g/mol. The first-order valence-electron chi connectivity index (χ1n) is 18.1. The van der Waals surface area contributed by atoms with Gasteiger partial charge < -0.3 is 30.4 Å². The van der Waals surface area contributed by atoms with Gasteiger partial charge >= 0.3 is 12.1 Å². The summed E-state index contributed by atoms with van der Waals surface area (Å²) in [5.74, 6) is -2.38. The fourth-order valence-corrected chi connectivity index (χ4v) is 7.84. The molecular weight excluding hydrogens is 639 g/mol. The number of Topliss-reactive ketones (excluding diaryl/α,β-unsaturated/α-hetero) is 1. The van der Waals surface area contributed by atoms with Crippen molar-refractivity contribution in [2.75, 3.05) is 32.5 Å². The Bertz CT molecular complexity index is 1480. The van der Waals surface area contributed by atoms with Crippen LogP contribution in [0.15, 0.2) is 30.5 Å². The number of carbonyl (C=O) groups is 3. The topological polar surface area (TPSA) is 171 Å². The van der Waals surface area contributed by atoms with Crippen LogP contribution in [0.3, 0.4) is 0 Å². The van der Waals surface area contributed by atoms with Crippen molar-refractivity contribution in [3.63, 3.8) is 0 Å². The van der Waals surface area contributed by atoms with Crippen LogP contribution in [-0.4, -0.2) is 107 Å². The number of cyclic esters (lactones) is 1. The monoisotopic (exact) mass is 696 g/mol. The van der Waals surface area contributed by atoms with Crippen LogP contribution in [-0.2, 0) is 30.3 Å². The van der Waals surface area contributed by atoms with E-state index in [0.717, 1.165) is 11.3 Å². The Morgan fingerprint density at radius 1 is 1.16 bits per heavy atom. The van der Waals surface area contributed by atoms with Crippen molar-refractivity contribution < 1.29 is 33.7 Å². The lowest BCUT2D eigenvalue weighted by atomic mass is 9.62. The maximum absolute atomic E-state index is 13.7. The molecule has 13 nitrogen and oxygen atoms in total. The summed E-state index contributed by atoms with van der Waals surface area (Å²) in [6.45, 7) is 12.7. The van der Waals surface area contributed by atoms with Crippen LogP contribution in [0.25, 0.3) is 11.3 Å². The highest BCUT2D eigenvalue weighted by molar-refractivity contribution is 6.15. The van der Waals surface area contributed by atoms with Gasteiger partial charge in [-0.1, -0.05) is 38.1 Å². The van der Waals surface area contributed by atoms with Gasteiger partial charge in [-0.2, -0.15) is 0 Å². The standard InChI is InChI=1S/C36H57BN6O7/c1-8-29-36(6)32(43(34(47)50-36)16-10-9-15-42-21-28(40-41-42)25-12-11-13-26(38)18-25)27(14-17-44)39-20-22(2)19-35(5,48-7)31(37)23(3)30(45)24(4)33(46)49-29/h11-13,18,21-24,27,29,31-32,39,44H,8-10,14-17,19-20,37-38H2,1-7H3/t22-,23+,24-,27-,29-,31-,32-,35-,36-/m1/s1. The van der Waals surface area contributed by atoms with E-state index >= 15 is 0 Å². The van der Waals surface area contributed by atoms with E-state index in [1.54, 1.807) is 30.5 Å². The molecule has 0 aliphatic carbocycles. The number of hydrogen-bond donors (Lipinski definition) is 3. The summed E-state index contributed by atoms with van der Waals surface area (Å²) in [4.78, 5) is 42.7. The molecule has 4 N–H and O–H groups in total. The molecular formula is C36H57BN6O7. The molecule has 2 saturated heterocycles. The molecule has 0 radical (unpaired) electrons. The van der Waals surface area contributed by atoms with Gasteiger partial charge in [-0.05, 0) is 83.3 Å². The van der Waals surface area contributed by atoms with Crippen molar-refractivity contribution in [3.05, 3.63) is 30.5 Å². The number of ether oxygens (including phenoxy) is 3. The van der Waals surface area contributed by atoms with E-state index in [0.29, 0.717) is 57.4 Å². The summed E-state index contributed by atoms with van der Waals surface area (Å²) < 4.78 is 20.1. The zero-order valence-electron chi connectivity index (χ0n) is 31.1. The molecule has 1 aromatic heterocycles. The quantitative estimate of drug-likeness (QED) is 0.110. The van der Waals surface area contributed by atoms with Crippen molar-refractivity contribution in [2.45, 2.75) is 115 Å². The van der Waals surface area contributed by atoms with Crippen LogP contribution in [0.1, 0.15) is 73.6 Å². The minimum absolute atomic E-state index is 0.116. The molecule has 2 aliphatic heterocycles. The van der Waals surface area contributed by atoms with E-state index in [9.17, 15) is 19.5 Å². The summed E-state index contributed by atoms with van der Waals surface area (Å²) in [6.07, 6.45) is 3.25. The third kappa shape index (κ3) is 8.51. The first-order valence-corrected chi connectivity index (χ1v) is 18.1. The first kappa shape index (κ1) is 39.3. The number of nitrogens with one attached hydrogen (secondary N) is 1. The number of nitrogen functional groups attached to an aromatic ring is 1. The predicted octanol–water partition coefficient (Wildman–Crippen LogP) is 3.26. The molecule has 2 fully saturated rings. The number of aliphatic hydroxyl groups excluding tert-OH is 1. The molecule has 50 heavy (non-hydrogen) atoms. The Labute approximate surface area is 297 Å². The zero-order chi connectivity index (χ0) is 36.8. The Balaban J connectivity index is 1.59. The van der Waals surface area contributed by atoms with Gasteiger partial charge in [0.2, 0.25) is 0 Å². The molecule has 0 unspecified atom stereocenters. The number of aliphatic hydroxyl groups is 1. The molecule has 276 valence electrons. The van der Waals surface area contributed by atoms with Gasteiger partial charge in [-0.3, -0.25) is 19.2 Å². The zero-order valence-corrected chi connectivity index (χ0v) is 31.1. The van der Waals surface area contributed by atoms with E-state index in [1.807, 2.05) is 59.1 Å². The normalized spacial score (nSPS) is 32.9. The highest BCUT2D eigenvalue weighted by Crippen LogP contribution is 2.41. The number of aryl methyl sites for hydroxylation is 1. The molecule has 2 aromatic rings.